The molecule has 0 aliphatic carbocycles. The van der Waals surface area contributed by atoms with Gasteiger partial charge in [0.2, 0.25) is 0 Å². The Morgan fingerprint density at radius 2 is 2.21 bits per heavy atom. The summed E-state index contributed by atoms with van der Waals surface area (Å²) < 4.78 is 4.37. The van der Waals surface area contributed by atoms with Crippen molar-refractivity contribution in [2.75, 3.05) is 0 Å². The number of ether oxygens (including phenoxy) is 1. The van der Waals surface area contributed by atoms with Gasteiger partial charge in [0.25, 0.3) is 5.69 Å². The second-order valence-corrected chi connectivity index (χ2v) is 2.57. The Morgan fingerprint density at radius 1 is 1.57 bits per heavy atom. The van der Waals surface area contributed by atoms with Crippen LogP contribution in [0.15, 0.2) is 18.2 Å². The fourth-order valence-electron chi connectivity index (χ4n) is 0.956. The fourth-order valence-corrected chi connectivity index (χ4v) is 0.956. The first kappa shape index (κ1) is 9.97. The summed E-state index contributed by atoms with van der Waals surface area (Å²) >= 11 is 0. The topological polar surface area (TPSA) is 89.7 Å². The zero-order valence-electron chi connectivity index (χ0n) is 7.26. The van der Waals surface area contributed by atoms with Crippen LogP contribution in [0.1, 0.15) is 5.56 Å². The molecule has 0 aliphatic heterocycles. The van der Waals surface area contributed by atoms with Gasteiger partial charge in [0, 0.05) is 12.1 Å². The maximum Gasteiger partial charge on any atom is 0.511 e. The first-order valence-corrected chi connectivity index (χ1v) is 3.66. The van der Waals surface area contributed by atoms with E-state index in [0.29, 0.717) is 5.56 Å². The average Bonchev–Trinajstić information content (AvgIpc) is 2.07. The van der Waals surface area contributed by atoms with Crippen molar-refractivity contribution < 1.29 is 19.6 Å². The van der Waals surface area contributed by atoms with Crippen LogP contribution in [0.3, 0.4) is 0 Å². The minimum absolute atomic E-state index is 0.0970. The maximum atomic E-state index is 10.3. The molecule has 0 amide bonds. The van der Waals surface area contributed by atoms with Crippen LogP contribution in [0.25, 0.3) is 0 Å². The van der Waals surface area contributed by atoms with E-state index in [1.807, 2.05) is 0 Å². The van der Waals surface area contributed by atoms with Crippen molar-refractivity contribution in [2.24, 2.45) is 0 Å². The molecule has 0 saturated heterocycles. The van der Waals surface area contributed by atoms with Gasteiger partial charge in [-0.2, -0.15) is 0 Å². The van der Waals surface area contributed by atoms with E-state index in [-0.39, 0.29) is 11.4 Å². The van der Waals surface area contributed by atoms with Crippen LogP contribution in [0.5, 0.6) is 5.75 Å². The maximum absolute atomic E-state index is 10.3. The Hall–Kier alpha value is -2.11. The number of benzene rings is 1. The molecule has 0 atom stereocenters. The molecule has 0 bridgehead atoms. The van der Waals surface area contributed by atoms with E-state index in [0.717, 1.165) is 0 Å². The monoisotopic (exact) mass is 197 g/mol. The minimum Gasteiger partial charge on any atom is -0.449 e. The third kappa shape index (κ3) is 2.19. The van der Waals surface area contributed by atoms with Gasteiger partial charge in [0.05, 0.1) is 4.92 Å². The van der Waals surface area contributed by atoms with Gasteiger partial charge >= 0.3 is 6.16 Å². The van der Waals surface area contributed by atoms with Crippen LogP contribution < -0.4 is 4.74 Å². The van der Waals surface area contributed by atoms with E-state index in [4.69, 9.17) is 5.11 Å². The van der Waals surface area contributed by atoms with Crippen LogP contribution in [0.4, 0.5) is 10.5 Å². The Labute approximate surface area is 78.9 Å². The minimum atomic E-state index is -1.44. The summed E-state index contributed by atoms with van der Waals surface area (Å²) in [6.07, 6.45) is -1.44. The molecular weight excluding hydrogens is 190 g/mol. The highest BCUT2D eigenvalue weighted by molar-refractivity contribution is 5.62. The van der Waals surface area contributed by atoms with Crippen molar-refractivity contribution >= 4 is 11.8 Å². The number of nitrogens with zero attached hydrogens (tertiary/aromatic N) is 1. The Balaban J connectivity index is 3.01. The number of hydrogen-bond donors (Lipinski definition) is 1. The lowest BCUT2D eigenvalue weighted by atomic mass is 10.2. The lowest BCUT2D eigenvalue weighted by Crippen LogP contribution is -2.04. The summed E-state index contributed by atoms with van der Waals surface area (Å²) in [6, 6.07) is 3.69. The molecule has 14 heavy (non-hydrogen) atoms. The molecule has 1 aromatic carbocycles. The van der Waals surface area contributed by atoms with Gasteiger partial charge in [-0.25, -0.2) is 4.79 Å². The second kappa shape index (κ2) is 3.73. The summed E-state index contributed by atoms with van der Waals surface area (Å²) in [5.74, 6) is 0.100. The van der Waals surface area contributed by atoms with Gasteiger partial charge in [0.1, 0.15) is 5.75 Å². The first-order chi connectivity index (χ1) is 6.50. The number of non-ortho nitro benzene ring substituents is 1. The van der Waals surface area contributed by atoms with Crippen molar-refractivity contribution in [3.63, 3.8) is 0 Å². The average molecular weight is 197 g/mol. The molecule has 74 valence electrons. The lowest BCUT2D eigenvalue weighted by molar-refractivity contribution is -0.384. The third-order valence-electron chi connectivity index (χ3n) is 1.57. The van der Waals surface area contributed by atoms with Gasteiger partial charge in [-0.05, 0) is 18.6 Å². The number of aryl methyl sites for hydroxylation is 1. The third-order valence-corrected chi connectivity index (χ3v) is 1.57. The molecule has 1 N–H and O–H groups in total. The van der Waals surface area contributed by atoms with E-state index in [1.165, 1.54) is 25.1 Å². The molecule has 1 aromatic rings. The van der Waals surface area contributed by atoms with Crippen molar-refractivity contribution in [3.05, 3.63) is 33.9 Å². The van der Waals surface area contributed by atoms with Gasteiger partial charge in [-0.3, -0.25) is 10.1 Å². The highest BCUT2D eigenvalue weighted by Gasteiger charge is 2.10. The van der Waals surface area contributed by atoms with E-state index in [1.54, 1.807) is 0 Å². The summed E-state index contributed by atoms with van der Waals surface area (Å²) in [4.78, 5) is 20.0. The van der Waals surface area contributed by atoms with Gasteiger partial charge in [-0.15, -0.1) is 0 Å². The summed E-state index contributed by atoms with van der Waals surface area (Å²) in [6.45, 7) is 1.53. The van der Waals surface area contributed by atoms with Crippen LogP contribution in [-0.4, -0.2) is 16.2 Å². The standard InChI is InChI=1S/C8H7NO5/c1-5-4-6(9(12)13)2-3-7(5)14-8(10)11/h2-4H,1H3,(H,10,11). The van der Waals surface area contributed by atoms with Gasteiger partial charge < -0.3 is 9.84 Å². The van der Waals surface area contributed by atoms with Gasteiger partial charge in [0.15, 0.2) is 0 Å². The SMILES string of the molecule is Cc1cc([N+](=O)[O-])ccc1OC(=O)O. The quantitative estimate of drug-likeness (QED) is 0.338. The second-order valence-electron chi connectivity index (χ2n) is 2.57. The number of rotatable bonds is 2. The van der Waals surface area contributed by atoms with Crippen LogP contribution >= 0.6 is 0 Å². The number of nitro groups is 1. The lowest BCUT2D eigenvalue weighted by Gasteiger charge is -2.02. The van der Waals surface area contributed by atoms with Crippen LogP contribution in [0.2, 0.25) is 0 Å². The summed E-state index contributed by atoms with van der Waals surface area (Å²) in [5.41, 5.74) is 0.307. The number of hydrogen-bond acceptors (Lipinski definition) is 4. The molecule has 6 nitrogen and oxygen atoms in total. The number of carbonyl (C=O) groups is 1. The zero-order chi connectivity index (χ0) is 10.7. The highest BCUT2D eigenvalue weighted by atomic mass is 16.7. The number of carboxylic acid groups (broad SMARTS) is 1. The van der Waals surface area contributed by atoms with Crippen LogP contribution in [0, 0.1) is 17.0 Å². The zero-order valence-corrected chi connectivity index (χ0v) is 7.26. The molecule has 6 heteroatoms. The normalized spacial score (nSPS) is 9.50. The van der Waals surface area contributed by atoms with Crippen molar-refractivity contribution in [1.82, 2.24) is 0 Å². The fraction of sp³-hybridized carbons (Fsp3) is 0.125. The van der Waals surface area contributed by atoms with Gasteiger partial charge in [-0.1, -0.05) is 0 Å². The Morgan fingerprint density at radius 3 is 2.64 bits per heavy atom. The molecule has 0 aromatic heterocycles. The highest BCUT2D eigenvalue weighted by Crippen LogP contribution is 2.23. The Bertz CT molecular complexity index is 387. The number of nitro benzene ring substituents is 1. The molecule has 0 fully saturated rings. The summed E-state index contributed by atoms with van der Waals surface area (Å²) in [5, 5.41) is 18.6. The molecule has 0 radical (unpaired) electrons. The molecule has 0 unspecified atom stereocenters. The molecule has 0 aliphatic rings. The Kier molecular flexibility index (Phi) is 2.66. The summed E-state index contributed by atoms with van der Waals surface area (Å²) in [7, 11) is 0. The molecular formula is C8H7NO5. The molecule has 1 rings (SSSR count). The first-order valence-electron chi connectivity index (χ1n) is 3.66. The predicted octanol–water partition coefficient (Wildman–Crippen LogP) is 1.96. The van der Waals surface area contributed by atoms with Crippen molar-refractivity contribution in [1.29, 1.82) is 0 Å². The van der Waals surface area contributed by atoms with E-state index in [9.17, 15) is 14.9 Å². The molecule has 0 saturated carbocycles. The van der Waals surface area contributed by atoms with E-state index >= 15 is 0 Å². The van der Waals surface area contributed by atoms with E-state index < -0.39 is 11.1 Å². The van der Waals surface area contributed by atoms with Crippen LogP contribution in [-0.2, 0) is 0 Å². The van der Waals surface area contributed by atoms with E-state index in [2.05, 4.69) is 4.74 Å². The van der Waals surface area contributed by atoms with Crippen molar-refractivity contribution in [3.8, 4) is 5.75 Å². The predicted molar refractivity (Wildman–Crippen MR) is 46.5 cm³/mol. The molecule has 0 heterocycles. The largest absolute Gasteiger partial charge is 0.511 e. The molecule has 0 spiro atoms. The smallest absolute Gasteiger partial charge is 0.449 e. The van der Waals surface area contributed by atoms with Crippen molar-refractivity contribution in [2.45, 2.75) is 6.92 Å².